The first kappa shape index (κ1) is 12.9. The predicted octanol–water partition coefficient (Wildman–Crippen LogP) is 2.23. The summed E-state index contributed by atoms with van der Waals surface area (Å²) in [6, 6.07) is 2.11. The molecule has 0 fully saturated rings. The summed E-state index contributed by atoms with van der Waals surface area (Å²) in [5.74, 6) is 5.92. The smallest absolute Gasteiger partial charge is 0.0755 e. The van der Waals surface area contributed by atoms with E-state index in [4.69, 9.17) is 5.73 Å². The molecule has 0 aromatic carbocycles. The molecule has 0 spiro atoms. The molecule has 0 atom stereocenters. The third-order valence-corrected chi connectivity index (χ3v) is 3.96. The molecule has 0 saturated carbocycles. The Balaban J connectivity index is 2.18. The molecule has 18 heavy (non-hydrogen) atoms. The van der Waals surface area contributed by atoms with Crippen molar-refractivity contribution in [1.29, 1.82) is 0 Å². The molecular weight excluding hydrogens is 242 g/mol. The maximum absolute atomic E-state index is 5.36. The van der Waals surface area contributed by atoms with Crippen molar-refractivity contribution in [3.63, 3.8) is 0 Å². The van der Waals surface area contributed by atoms with Gasteiger partial charge < -0.3 is 5.73 Å². The van der Waals surface area contributed by atoms with Crippen LogP contribution in [0.15, 0.2) is 11.4 Å². The molecular formula is C14H17N3S. The summed E-state index contributed by atoms with van der Waals surface area (Å²) in [4.78, 5) is 1.27. The van der Waals surface area contributed by atoms with Gasteiger partial charge in [0.2, 0.25) is 0 Å². The van der Waals surface area contributed by atoms with Gasteiger partial charge in [-0.3, -0.25) is 4.68 Å². The van der Waals surface area contributed by atoms with Crippen molar-refractivity contribution in [2.24, 2.45) is 5.73 Å². The molecule has 0 aliphatic rings. The Morgan fingerprint density at radius 3 is 2.78 bits per heavy atom. The summed E-state index contributed by atoms with van der Waals surface area (Å²) in [7, 11) is 0. The molecule has 0 aliphatic carbocycles. The molecule has 2 rings (SSSR count). The third kappa shape index (κ3) is 2.63. The van der Waals surface area contributed by atoms with E-state index in [1.807, 2.05) is 6.92 Å². The first-order valence-corrected chi connectivity index (χ1v) is 6.76. The minimum Gasteiger partial charge on any atom is -0.320 e. The fourth-order valence-electron chi connectivity index (χ4n) is 1.77. The lowest BCUT2D eigenvalue weighted by molar-refractivity contribution is 0.665. The van der Waals surface area contributed by atoms with E-state index in [2.05, 4.69) is 46.9 Å². The molecule has 0 radical (unpaired) electrons. The van der Waals surface area contributed by atoms with E-state index in [0.29, 0.717) is 6.54 Å². The van der Waals surface area contributed by atoms with Crippen LogP contribution in [0.25, 0.3) is 0 Å². The maximum atomic E-state index is 5.36. The average Bonchev–Trinajstić information content (AvgIpc) is 2.89. The zero-order valence-corrected chi connectivity index (χ0v) is 11.8. The van der Waals surface area contributed by atoms with Crippen molar-refractivity contribution in [3.05, 3.63) is 38.8 Å². The van der Waals surface area contributed by atoms with Gasteiger partial charge in [0.1, 0.15) is 0 Å². The van der Waals surface area contributed by atoms with E-state index in [1.165, 1.54) is 16.1 Å². The zero-order valence-electron chi connectivity index (χ0n) is 10.9. The van der Waals surface area contributed by atoms with Gasteiger partial charge in [-0.1, -0.05) is 11.8 Å². The highest BCUT2D eigenvalue weighted by atomic mass is 32.1. The van der Waals surface area contributed by atoms with E-state index in [0.717, 1.165) is 17.8 Å². The van der Waals surface area contributed by atoms with E-state index >= 15 is 0 Å². The Labute approximate surface area is 112 Å². The Kier molecular flexibility index (Phi) is 3.85. The lowest BCUT2D eigenvalue weighted by Gasteiger charge is -2.01. The standard InChI is InChI=1S/C14H17N3S/c1-10-11(2)16-17(12(10)3)8-14-7-13(9-18-14)5-4-6-15/h7,9H,6,8,15H2,1-3H3. The molecule has 0 bridgehead atoms. The van der Waals surface area contributed by atoms with Gasteiger partial charge in [0, 0.05) is 21.5 Å². The molecule has 2 aromatic heterocycles. The molecule has 4 heteroatoms. The van der Waals surface area contributed by atoms with Gasteiger partial charge in [0.05, 0.1) is 18.8 Å². The topological polar surface area (TPSA) is 43.8 Å². The van der Waals surface area contributed by atoms with E-state index in [-0.39, 0.29) is 0 Å². The van der Waals surface area contributed by atoms with Gasteiger partial charge in [0.25, 0.3) is 0 Å². The summed E-state index contributed by atoms with van der Waals surface area (Å²) in [6.45, 7) is 7.49. The quantitative estimate of drug-likeness (QED) is 0.841. The third-order valence-electron chi connectivity index (χ3n) is 3.04. The summed E-state index contributed by atoms with van der Waals surface area (Å²) in [5.41, 5.74) is 10.0. The van der Waals surface area contributed by atoms with Crippen LogP contribution in [0.2, 0.25) is 0 Å². The molecule has 2 heterocycles. The number of hydrogen-bond donors (Lipinski definition) is 1. The Bertz CT molecular complexity index is 611. The van der Waals surface area contributed by atoms with Gasteiger partial charge in [-0.05, 0) is 32.4 Å². The molecule has 3 nitrogen and oxygen atoms in total. The fourth-order valence-corrected chi connectivity index (χ4v) is 2.57. The summed E-state index contributed by atoms with van der Waals surface area (Å²) >= 11 is 1.71. The first-order valence-electron chi connectivity index (χ1n) is 5.88. The molecule has 0 aliphatic heterocycles. The van der Waals surface area contributed by atoms with Crippen LogP contribution < -0.4 is 5.73 Å². The van der Waals surface area contributed by atoms with E-state index in [9.17, 15) is 0 Å². The minimum absolute atomic E-state index is 0.405. The second-order valence-corrected chi connectivity index (χ2v) is 5.26. The van der Waals surface area contributed by atoms with Gasteiger partial charge in [0.15, 0.2) is 0 Å². The highest BCUT2D eigenvalue weighted by molar-refractivity contribution is 7.10. The number of aromatic nitrogens is 2. The highest BCUT2D eigenvalue weighted by Gasteiger charge is 2.08. The SMILES string of the molecule is Cc1nn(Cc2cc(C#CCN)cs2)c(C)c1C. The van der Waals surface area contributed by atoms with Crippen LogP contribution in [0.1, 0.15) is 27.4 Å². The molecule has 2 N–H and O–H groups in total. The number of thiophene rings is 1. The van der Waals surface area contributed by atoms with Crippen molar-refractivity contribution < 1.29 is 0 Å². The monoisotopic (exact) mass is 259 g/mol. The highest BCUT2D eigenvalue weighted by Crippen LogP contribution is 2.18. The molecule has 0 saturated heterocycles. The summed E-state index contributed by atoms with van der Waals surface area (Å²) in [6.07, 6.45) is 0. The minimum atomic E-state index is 0.405. The lowest BCUT2D eigenvalue weighted by Crippen LogP contribution is -2.02. The van der Waals surface area contributed by atoms with Gasteiger partial charge in [-0.15, -0.1) is 11.3 Å². The summed E-state index contributed by atoms with van der Waals surface area (Å²) in [5, 5.41) is 6.61. The van der Waals surface area contributed by atoms with Crippen molar-refractivity contribution in [3.8, 4) is 11.8 Å². The zero-order chi connectivity index (χ0) is 13.1. The second kappa shape index (κ2) is 5.38. The second-order valence-electron chi connectivity index (χ2n) is 4.26. The fraction of sp³-hybridized carbons (Fsp3) is 0.357. The predicted molar refractivity (Wildman–Crippen MR) is 75.8 cm³/mol. The molecule has 94 valence electrons. The van der Waals surface area contributed by atoms with Crippen molar-refractivity contribution >= 4 is 11.3 Å². The van der Waals surface area contributed by atoms with E-state index < -0.39 is 0 Å². The van der Waals surface area contributed by atoms with E-state index in [1.54, 1.807) is 11.3 Å². The Hall–Kier alpha value is -1.57. The number of rotatable bonds is 2. The van der Waals surface area contributed by atoms with Crippen LogP contribution >= 0.6 is 11.3 Å². The summed E-state index contributed by atoms with van der Waals surface area (Å²) < 4.78 is 2.05. The van der Waals surface area contributed by atoms with Crippen LogP contribution in [-0.4, -0.2) is 16.3 Å². The van der Waals surface area contributed by atoms with Gasteiger partial charge >= 0.3 is 0 Å². The van der Waals surface area contributed by atoms with Crippen LogP contribution in [0.3, 0.4) is 0 Å². The lowest BCUT2D eigenvalue weighted by atomic mass is 10.2. The largest absolute Gasteiger partial charge is 0.320 e. The first-order chi connectivity index (χ1) is 8.61. The Morgan fingerprint density at radius 1 is 1.39 bits per heavy atom. The van der Waals surface area contributed by atoms with Crippen LogP contribution in [-0.2, 0) is 6.54 Å². The number of aryl methyl sites for hydroxylation is 1. The number of nitrogens with two attached hydrogens (primary N) is 1. The van der Waals surface area contributed by atoms with Crippen molar-refractivity contribution in [2.45, 2.75) is 27.3 Å². The molecule has 0 unspecified atom stereocenters. The van der Waals surface area contributed by atoms with Gasteiger partial charge in [-0.2, -0.15) is 5.10 Å². The Morgan fingerprint density at radius 2 is 2.17 bits per heavy atom. The van der Waals surface area contributed by atoms with Crippen molar-refractivity contribution in [1.82, 2.24) is 9.78 Å². The molecule has 0 amide bonds. The van der Waals surface area contributed by atoms with Crippen LogP contribution in [0.5, 0.6) is 0 Å². The van der Waals surface area contributed by atoms with Crippen LogP contribution in [0, 0.1) is 32.6 Å². The average molecular weight is 259 g/mol. The maximum Gasteiger partial charge on any atom is 0.0755 e. The molecule has 2 aromatic rings. The normalized spacial score (nSPS) is 10.2. The van der Waals surface area contributed by atoms with Gasteiger partial charge in [-0.25, -0.2) is 0 Å². The van der Waals surface area contributed by atoms with Crippen molar-refractivity contribution in [2.75, 3.05) is 6.54 Å². The number of hydrogen-bond acceptors (Lipinski definition) is 3. The number of nitrogens with zero attached hydrogens (tertiary/aromatic N) is 2. The van der Waals surface area contributed by atoms with Crippen LogP contribution in [0.4, 0.5) is 0 Å².